The van der Waals surface area contributed by atoms with Crippen molar-refractivity contribution in [2.45, 2.75) is 116 Å². The molecule has 0 bridgehead atoms. The van der Waals surface area contributed by atoms with Crippen LogP contribution in [0.1, 0.15) is 105 Å². The second kappa shape index (κ2) is 16.8. The van der Waals surface area contributed by atoms with Crippen LogP contribution in [0.15, 0.2) is 60.7 Å². The fourth-order valence-corrected chi connectivity index (χ4v) is 9.84. The van der Waals surface area contributed by atoms with Crippen molar-refractivity contribution in [2.24, 2.45) is 0 Å². The third-order valence-electron chi connectivity index (χ3n) is 7.04. The standard InChI is InChI=1S/C33H50O2Si/c1-30(24-18-14-12-10-8-6-5-7-9-11-13-15-23-29-34)35-36(33(2,3)4,31-25-19-16-20-26-31)32-27-21-17-22-28-32/h16-17,19-22,25-28,30,34H,5-10,12,14-15,18,23-24,29H2,1-4H3. The molecular weight excluding hydrogens is 456 g/mol. The molecule has 0 aliphatic rings. The number of aliphatic hydroxyl groups excluding tert-OH is 1. The van der Waals surface area contributed by atoms with Gasteiger partial charge in [0.05, 0.1) is 0 Å². The van der Waals surface area contributed by atoms with E-state index in [-0.39, 0.29) is 17.7 Å². The van der Waals surface area contributed by atoms with Crippen molar-refractivity contribution in [3.8, 4) is 11.8 Å². The first-order valence-electron chi connectivity index (χ1n) is 14.3. The summed E-state index contributed by atoms with van der Waals surface area (Å²) in [5, 5.41) is 11.5. The van der Waals surface area contributed by atoms with Crippen LogP contribution in [-0.2, 0) is 4.43 Å². The molecule has 0 aliphatic heterocycles. The highest BCUT2D eigenvalue weighted by molar-refractivity contribution is 6.99. The van der Waals surface area contributed by atoms with Crippen LogP contribution in [0.2, 0.25) is 5.04 Å². The van der Waals surface area contributed by atoms with Gasteiger partial charge in [-0.3, -0.25) is 0 Å². The van der Waals surface area contributed by atoms with Crippen molar-refractivity contribution < 1.29 is 9.53 Å². The van der Waals surface area contributed by atoms with Gasteiger partial charge in [0.15, 0.2) is 0 Å². The number of hydrogen-bond acceptors (Lipinski definition) is 2. The molecule has 36 heavy (non-hydrogen) atoms. The van der Waals surface area contributed by atoms with Gasteiger partial charge < -0.3 is 9.53 Å². The molecule has 1 unspecified atom stereocenters. The lowest BCUT2D eigenvalue weighted by molar-refractivity contribution is 0.192. The average molecular weight is 507 g/mol. The molecule has 0 amide bonds. The van der Waals surface area contributed by atoms with Crippen LogP contribution in [-0.4, -0.2) is 26.1 Å². The second-order valence-corrected chi connectivity index (χ2v) is 15.4. The molecule has 1 N–H and O–H groups in total. The van der Waals surface area contributed by atoms with Crippen LogP contribution < -0.4 is 10.4 Å². The minimum absolute atomic E-state index is 0.0367. The Morgan fingerprint density at radius 1 is 0.694 bits per heavy atom. The van der Waals surface area contributed by atoms with Gasteiger partial charge in [-0.15, -0.1) is 11.8 Å². The van der Waals surface area contributed by atoms with E-state index in [1.807, 2.05) is 0 Å². The fraction of sp³-hybridized carbons (Fsp3) is 0.576. The Bertz CT molecular complexity index is 837. The van der Waals surface area contributed by atoms with Crippen LogP contribution >= 0.6 is 0 Å². The van der Waals surface area contributed by atoms with Gasteiger partial charge in [-0.1, -0.05) is 126 Å². The molecule has 2 aromatic rings. The Balaban J connectivity index is 1.78. The molecule has 0 heterocycles. The summed E-state index contributed by atoms with van der Waals surface area (Å²) in [6.45, 7) is 9.61. The SMILES string of the molecule is CC(CCCCCCCCCCC#CCCCO)O[Si](c1ccccc1)(c1ccccc1)C(C)(C)C. The van der Waals surface area contributed by atoms with Crippen molar-refractivity contribution in [3.63, 3.8) is 0 Å². The van der Waals surface area contributed by atoms with E-state index >= 15 is 0 Å². The summed E-state index contributed by atoms with van der Waals surface area (Å²) in [5.74, 6) is 6.37. The van der Waals surface area contributed by atoms with Gasteiger partial charge in [-0.25, -0.2) is 0 Å². The van der Waals surface area contributed by atoms with Gasteiger partial charge in [0.1, 0.15) is 0 Å². The highest BCUT2D eigenvalue weighted by atomic mass is 28.4. The van der Waals surface area contributed by atoms with Crippen molar-refractivity contribution in [1.29, 1.82) is 0 Å². The number of rotatable bonds is 16. The predicted molar refractivity (Wildman–Crippen MR) is 158 cm³/mol. The Kier molecular flexibility index (Phi) is 14.2. The third kappa shape index (κ3) is 9.89. The zero-order valence-electron chi connectivity index (χ0n) is 23.4. The predicted octanol–water partition coefficient (Wildman–Crippen LogP) is 7.63. The van der Waals surface area contributed by atoms with E-state index in [1.165, 1.54) is 61.7 Å². The molecule has 0 spiro atoms. The van der Waals surface area contributed by atoms with Gasteiger partial charge in [-0.2, -0.15) is 0 Å². The first-order chi connectivity index (χ1) is 17.4. The summed E-state index contributed by atoms with van der Waals surface area (Å²) in [4.78, 5) is 0. The molecule has 0 saturated carbocycles. The zero-order valence-corrected chi connectivity index (χ0v) is 24.4. The minimum atomic E-state index is -2.44. The molecule has 0 fully saturated rings. The van der Waals surface area contributed by atoms with Crippen molar-refractivity contribution in [2.75, 3.05) is 6.61 Å². The van der Waals surface area contributed by atoms with Gasteiger partial charge in [0.2, 0.25) is 0 Å². The summed E-state index contributed by atoms with van der Waals surface area (Å²) >= 11 is 0. The summed E-state index contributed by atoms with van der Waals surface area (Å²) < 4.78 is 7.20. The normalized spacial score (nSPS) is 12.7. The first kappa shape index (κ1) is 30.4. The molecule has 198 valence electrons. The van der Waals surface area contributed by atoms with E-state index in [0.717, 1.165) is 25.7 Å². The summed E-state index contributed by atoms with van der Waals surface area (Å²) in [7, 11) is -2.44. The van der Waals surface area contributed by atoms with Gasteiger partial charge in [0.25, 0.3) is 8.32 Å². The Morgan fingerprint density at radius 2 is 1.14 bits per heavy atom. The number of benzene rings is 2. The lowest BCUT2D eigenvalue weighted by Gasteiger charge is -2.44. The molecular formula is C33H50O2Si. The van der Waals surface area contributed by atoms with Gasteiger partial charge >= 0.3 is 0 Å². The maximum Gasteiger partial charge on any atom is 0.261 e. The molecule has 2 nitrogen and oxygen atoms in total. The summed E-state index contributed by atoms with van der Waals surface area (Å²) in [6, 6.07) is 22.0. The highest BCUT2D eigenvalue weighted by Crippen LogP contribution is 2.38. The monoisotopic (exact) mass is 506 g/mol. The topological polar surface area (TPSA) is 29.5 Å². The van der Waals surface area contributed by atoms with Crippen LogP contribution in [0.25, 0.3) is 0 Å². The molecule has 3 heteroatoms. The molecule has 0 aromatic heterocycles. The third-order valence-corrected chi connectivity index (χ3v) is 12.2. The zero-order chi connectivity index (χ0) is 26.1. The Hall–Kier alpha value is -1.86. The minimum Gasteiger partial charge on any atom is -0.405 e. The Morgan fingerprint density at radius 3 is 1.61 bits per heavy atom. The molecule has 0 radical (unpaired) electrons. The fourth-order valence-electron chi connectivity index (χ4n) is 5.10. The molecule has 2 rings (SSSR count). The van der Waals surface area contributed by atoms with Crippen LogP contribution in [0.5, 0.6) is 0 Å². The van der Waals surface area contributed by atoms with E-state index in [2.05, 4.69) is 100 Å². The van der Waals surface area contributed by atoms with Crippen molar-refractivity contribution in [1.82, 2.24) is 0 Å². The van der Waals surface area contributed by atoms with E-state index in [4.69, 9.17) is 9.53 Å². The average Bonchev–Trinajstić information content (AvgIpc) is 2.87. The van der Waals surface area contributed by atoms with Gasteiger partial charge in [-0.05, 0) is 41.6 Å². The van der Waals surface area contributed by atoms with E-state index in [9.17, 15) is 0 Å². The number of aliphatic hydroxyl groups is 1. The maximum absolute atomic E-state index is 8.76. The van der Waals surface area contributed by atoms with E-state index in [1.54, 1.807) is 0 Å². The smallest absolute Gasteiger partial charge is 0.261 e. The molecule has 0 aliphatic carbocycles. The summed E-state index contributed by atoms with van der Waals surface area (Å²) in [5.41, 5.74) is 0. The highest BCUT2D eigenvalue weighted by Gasteiger charge is 2.50. The van der Waals surface area contributed by atoms with Crippen LogP contribution in [0.4, 0.5) is 0 Å². The van der Waals surface area contributed by atoms with Gasteiger partial charge in [0, 0.05) is 25.6 Å². The first-order valence-corrected chi connectivity index (χ1v) is 16.2. The lowest BCUT2D eigenvalue weighted by atomic mass is 10.1. The number of hydrogen-bond donors (Lipinski definition) is 1. The maximum atomic E-state index is 8.76. The van der Waals surface area contributed by atoms with E-state index < -0.39 is 8.32 Å². The van der Waals surface area contributed by atoms with Crippen LogP contribution in [0, 0.1) is 11.8 Å². The second-order valence-electron chi connectivity index (χ2n) is 11.1. The lowest BCUT2D eigenvalue weighted by Crippen LogP contribution is -2.67. The van der Waals surface area contributed by atoms with Crippen molar-refractivity contribution >= 4 is 18.7 Å². The largest absolute Gasteiger partial charge is 0.405 e. The Labute approximate surface area is 223 Å². The summed E-state index contributed by atoms with van der Waals surface area (Å²) in [6.07, 6.45) is 14.4. The molecule has 1 atom stereocenters. The molecule has 2 aromatic carbocycles. The van der Waals surface area contributed by atoms with Crippen molar-refractivity contribution in [3.05, 3.63) is 60.7 Å². The molecule has 0 saturated heterocycles. The quantitative estimate of drug-likeness (QED) is 0.144. The number of unbranched alkanes of at least 4 members (excludes halogenated alkanes) is 9. The van der Waals surface area contributed by atoms with Crippen LogP contribution in [0.3, 0.4) is 0 Å². The van der Waals surface area contributed by atoms with E-state index in [0.29, 0.717) is 0 Å².